The van der Waals surface area contributed by atoms with E-state index in [0.717, 1.165) is 0 Å². The predicted octanol–water partition coefficient (Wildman–Crippen LogP) is 2.54. The van der Waals surface area contributed by atoms with Crippen LogP contribution in [0.4, 0.5) is 10.1 Å². The molecule has 0 aliphatic rings. The average molecular weight is 249 g/mol. The summed E-state index contributed by atoms with van der Waals surface area (Å²) in [5.74, 6) is -0.220. The van der Waals surface area contributed by atoms with E-state index in [-0.39, 0.29) is 5.82 Å². The Bertz CT molecular complexity index is 427. The summed E-state index contributed by atoms with van der Waals surface area (Å²) in [7, 11) is 1.77. The molecule has 0 aromatic heterocycles. The number of para-hydroxylation sites is 1. The molecule has 1 rings (SSSR count). The molecule has 0 saturated carbocycles. The number of benzene rings is 1. The first kappa shape index (κ1) is 14.5. The minimum absolute atomic E-state index is 0.220. The Morgan fingerprint density at radius 2 is 2.11 bits per heavy atom. The molecule has 0 amide bonds. The van der Waals surface area contributed by atoms with Crippen molar-refractivity contribution in [1.82, 2.24) is 5.32 Å². The largest absolute Gasteiger partial charge is 0.369 e. The van der Waals surface area contributed by atoms with Crippen molar-refractivity contribution >= 4 is 5.69 Å². The smallest absolute Gasteiger partial charge is 0.146 e. The Labute approximate surface area is 108 Å². The molecule has 0 aliphatic carbocycles. The molecule has 3 nitrogen and oxygen atoms in total. The van der Waals surface area contributed by atoms with E-state index < -0.39 is 5.54 Å². The van der Waals surface area contributed by atoms with Crippen LogP contribution in [0.15, 0.2) is 24.3 Å². The third-order valence-corrected chi connectivity index (χ3v) is 3.26. The van der Waals surface area contributed by atoms with Crippen LogP contribution >= 0.6 is 0 Å². The van der Waals surface area contributed by atoms with E-state index in [1.54, 1.807) is 19.2 Å². The van der Waals surface area contributed by atoms with Crippen molar-refractivity contribution < 1.29 is 4.39 Å². The molecule has 0 heterocycles. The lowest BCUT2D eigenvalue weighted by Crippen LogP contribution is -2.41. The first-order valence-electron chi connectivity index (χ1n) is 6.16. The third-order valence-electron chi connectivity index (χ3n) is 3.26. The van der Waals surface area contributed by atoms with E-state index in [1.165, 1.54) is 6.07 Å². The molecule has 1 aromatic carbocycles. The van der Waals surface area contributed by atoms with Crippen molar-refractivity contribution in [3.63, 3.8) is 0 Å². The molecule has 0 radical (unpaired) electrons. The van der Waals surface area contributed by atoms with Gasteiger partial charge >= 0.3 is 0 Å². The Morgan fingerprint density at radius 1 is 1.44 bits per heavy atom. The van der Waals surface area contributed by atoms with Crippen LogP contribution in [0.5, 0.6) is 0 Å². The zero-order chi connectivity index (χ0) is 13.6. The molecular weight excluding hydrogens is 229 g/mol. The lowest BCUT2D eigenvalue weighted by atomic mass is 10.00. The van der Waals surface area contributed by atoms with E-state index in [0.29, 0.717) is 25.2 Å². The Balaban J connectivity index is 2.76. The molecule has 0 spiro atoms. The van der Waals surface area contributed by atoms with Gasteiger partial charge in [0, 0.05) is 13.1 Å². The van der Waals surface area contributed by atoms with E-state index in [1.807, 2.05) is 24.8 Å². The maximum Gasteiger partial charge on any atom is 0.146 e. The lowest BCUT2D eigenvalue weighted by Gasteiger charge is -2.28. The number of hydrogen-bond donors (Lipinski definition) is 1. The van der Waals surface area contributed by atoms with E-state index >= 15 is 0 Å². The van der Waals surface area contributed by atoms with Crippen LogP contribution in [0.2, 0.25) is 0 Å². The van der Waals surface area contributed by atoms with Crippen molar-refractivity contribution in [2.45, 2.75) is 25.8 Å². The van der Waals surface area contributed by atoms with Crippen LogP contribution in [-0.4, -0.2) is 25.7 Å². The number of rotatable bonds is 6. The van der Waals surface area contributed by atoms with Crippen molar-refractivity contribution in [1.29, 1.82) is 5.26 Å². The molecule has 1 atom stereocenters. The number of anilines is 1. The lowest BCUT2D eigenvalue weighted by molar-refractivity contribution is 0.453. The predicted molar refractivity (Wildman–Crippen MR) is 72.0 cm³/mol. The number of nitrogens with zero attached hydrogens (tertiary/aromatic N) is 2. The second kappa shape index (κ2) is 6.36. The SMILES string of the molecule is CCN(CCC(C)(C#N)NC)c1ccccc1F. The highest BCUT2D eigenvalue weighted by Gasteiger charge is 2.22. The van der Waals surface area contributed by atoms with Gasteiger partial charge in [0.05, 0.1) is 11.8 Å². The van der Waals surface area contributed by atoms with Crippen molar-refractivity contribution in [2.24, 2.45) is 0 Å². The zero-order valence-electron chi connectivity index (χ0n) is 11.2. The van der Waals surface area contributed by atoms with Crippen LogP contribution in [0.25, 0.3) is 0 Å². The molecule has 0 aliphatic heterocycles. The molecule has 0 saturated heterocycles. The molecule has 4 heteroatoms. The number of nitrogens with one attached hydrogen (secondary N) is 1. The van der Waals surface area contributed by atoms with Gasteiger partial charge in [0.1, 0.15) is 11.4 Å². The molecule has 98 valence electrons. The fourth-order valence-corrected chi connectivity index (χ4v) is 1.75. The maximum absolute atomic E-state index is 13.7. The summed E-state index contributed by atoms with van der Waals surface area (Å²) in [6, 6.07) is 8.97. The first-order chi connectivity index (χ1) is 8.56. The molecular formula is C14H20FN3. The molecule has 1 aromatic rings. The summed E-state index contributed by atoms with van der Waals surface area (Å²) < 4.78 is 13.7. The minimum atomic E-state index is -0.571. The minimum Gasteiger partial charge on any atom is -0.369 e. The Kier molecular flexibility index (Phi) is 5.11. The van der Waals surface area contributed by atoms with Gasteiger partial charge in [0.25, 0.3) is 0 Å². The van der Waals surface area contributed by atoms with Crippen LogP contribution in [0.3, 0.4) is 0 Å². The molecule has 1 unspecified atom stereocenters. The summed E-state index contributed by atoms with van der Waals surface area (Å²) in [5, 5.41) is 12.1. The summed E-state index contributed by atoms with van der Waals surface area (Å²) in [5.41, 5.74) is 0.0231. The van der Waals surface area contributed by atoms with Crippen LogP contribution in [-0.2, 0) is 0 Å². The number of halogens is 1. The topological polar surface area (TPSA) is 39.1 Å². The van der Waals surface area contributed by atoms with Crippen molar-refractivity contribution in [2.75, 3.05) is 25.0 Å². The van der Waals surface area contributed by atoms with E-state index in [4.69, 9.17) is 5.26 Å². The molecule has 0 fully saturated rings. The highest BCUT2D eigenvalue weighted by Crippen LogP contribution is 2.20. The van der Waals surface area contributed by atoms with Crippen molar-refractivity contribution in [3.05, 3.63) is 30.1 Å². The van der Waals surface area contributed by atoms with E-state index in [2.05, 4.69) is 11.4 Å². The molecule has 1 N–H and O–H groups in total. The van der Waals surface area contributed by atoms with Crippen molar-refractivity contribution in [3.8, 4) is 6.07 Å². The van der Waals surface area contributed by atoms with Gasteiger partial charge in [0.15, 0.2) is 0 Å². The summed E-state index contributed by atoms with van der Waals surface area (Å²) in [6.45, 7) is 5.19. The Hall–Kier alpha value is -1.60. The fraction of sp³-hybridized carbons (Fsp3) is 0.500. The van der Waals surface area contributed by atoms with E-state index in [9.17, 15) is 4.39 Å². The van der Waals surface area contributed by atoms with Gasteiger partial charge in [-0.1, -0.05) is 12.1 Å². The number of hydrogen-bond acceptors (Lipinski definition) is 3. The van der Waals surface area contributed by atoms with Crippen LogP contribution in [0, 0.1) is 17.1 Å². The Morgan fingerprint density at radius 3 is 2.61 bits per heavy atom. The van der Waals surface area contributed by atoms with Gasteiger partial charge < -0.3 is 10.2 Å². The van der Waals surface area contributed by atoms with Gasteiger partial charge in [-0.3, -0.25) is 0 Å². The quantitative estimate of drug-likeness (QED) is 0.842. The maximum atomic E-state index is 13.7. The highest BCUT2D eigenvalue weighted by molar-refractivity contribution is 5.47. The van der Waals surface area contributed by atoms with Gasteiger partial charge in [-0.15, -0.1) is 0 Å². The van der Waals surface area contributed by atoms with Gasteiger partial charge in [-0.25, -0.2) is 4.39 Å². The second-order valence-corrected chi connectivity index (χ2v) is 4.47. The second-order valence-electron chi connectivity index (χ2n) is 4.47. The normalized spacial score (nSPS) is 13.7. The first-order valence-corrected chi connectivity index (χ1v) is 6.16. The zero-order valence-corrected chi connectivity index (χ0v) is 11.2. The van der Waals surface area contributed by atoms with Gasteiger partial charge in [-0.2, -0.15) is 5.26 Å². The highest BCUT2D eigenvalue weighted by atomic mass is 19.1. The van der Waals surface area contributed by atoms with Gasteiger partial charge in [-0.05, 0) is 39.4 Å². The molecule has 18 heavy (non-hydrogen) atoms. The number of nitriles is 1. The molecule has 0 bridgehead atoms. The summed E-state index contributed by atoms with van der Waals surface area (Å²) in [6.07, 6.45) is 0.641. The average Bonchev–Trinajstić information content (AvgIpc) is 2.41. The third kappa shape index (κ3) is 3.44. The monoisotopic (exact) mass is 249 g/mol. The van der Waals surface area contributed by atoms with Crippen LogP contribution in [0.1, 0.15) is 20.3 Å². The standard InChI is InChI=1S/C14H20FN3/c1-4-18(10-9-14(2,11-16)17-3)13-8-6-5-7-12(13)15/h5-8,17H,4,9-10H2,1-3H3. The fourth-order valence-electron chi connectivity index (χ4n) is 1.75. The summed E-state index contributed by atoms with van der Waals surface area (Å²) >= 11 is 0. The van der Waals surface area contributed by atoms with Crippen LogP contribution < -0.4 is 10.2 Å². The summed E-state index contributed by atoms with van der Waals surface area (Å²) in [4.78, 5) is 1.95. The van der Waals surface area contributed by atoms with Gasteiger partial charge in [0.2, 0.25) is 0 Å².